The Kier molecular flexibility index (Phi) is 5.68. The second-order valence-corrected chi connectivity index (χ2v) is 9.92. The van der Waals surface area contributed by atoms with Gasteiger partial charge in [0.2, 0.25) is 0 Å². The lowest BCUT2D eigenvalue weighted by Gasteiger charge is -2.07. The number of alkyl halides is 3. The maximum atomic E-state index is 13.3. The molecular weight excluding hydrogens is 533 g/mol. The fourth-order valence-electron chi connectivity index (χ4n) is 4.32. The number of ether oxygens (including phenoxy) is 1. The van der Waals surface area contributed by atoms with Gasteiger partial charge in [-0.05, 0) is 43.2 Å². The predicted octanol–water partition coefficient (Wildman–Crippen LogP) is 6.68. The van der Waals surface area contributed by atoms with E-state index in [1.54, 1.807) is 26.0 Å². The van der Waals surface area contributed by atoms with Crippen LogP contribution in [0.1, 0.15) is 22.4 Å². The lowest BCUT2D eigenvalue weighted by Crippen LogP contribution is -2.07. The first-order chi connectivity index (χ1) is 18.6. The number of rotatable bonds is 5. The van der Waals surface area contributed by atoms with E-state index in [4.69, 9.17) is 4.74 Å². The smallest absolute Gasteiger partial charge is 0.433 e. The van der Waals surface area contributed by atoms with Crippen molar-refractivity contribution in [2.75, 3.05) is 0 Å². The van der Waals surface area contributed by atoms with Crippen LogP contribution >= 0.6 is 11.3 Å². The number of hydrogen-bond acceptors (Lipinski definition) is 8. The quantitative estimate of drug-likeness (QED) is 0.174. The molecule has 0 fully saturated rings. The van der Waals surface area contributed by atoms with E-state index in [0.717, 1.165) is 28.5 Å². The SMILES string of the molecule is Cc1cc(OCc2ccc(-c3nc4c5sc6nc(C(F)(F)F)cc(C)c6c5ncn4n3)cc2)ccc1[N+](=O)[O-]. The highest BCUT2D eigenvalue weighted by Crippen LogP contribution is 2.38. The third-order valence-electron chi connectivity index (χ3n) is 6.24. The lowest BCUT2D eigenvalue weighted by molar-refractivity contribution is -0.385. The van der Waals surface area contributed by atoms with Gasteiger partial charge in [-0.15, -0.1) is 16.4 Å². The highest BCUT2D eigenvalue weighted by atomic mass is 32.1. The molecule has 2 aromatic carbocycles. The van der Waals surface area contributed by atoms with Crippen LogP contribution in [0.15, 0.2) is 54.9 Å². The van der Waals surface area contributed by atoms with E-state index in [1.807, 2.05) is 24.3 Å². The number of nitro groups is 1. The average molecular weight is 551 g/mol. The van der Waals surface area contributed by atoms with Crippen LogP contribution in [0, 0.1) is 24.0 Å². The molecule has 0 radical (unpaired) electrons. The molecule has 0 spiro atoms. The number of aryl methyl sites for hydroxylation is 2. The van der Waals surface area contributed by atoms with Gasteiger partial charge in [0.25, 0.3) is 5.69 Å². The highest BCUT2D eigenvalue weighted by molar-refractivity contribution is 7.26. The van der Waals surface area contributed by atoms with E-state index in [2.05, 4.69) is 20.1 Å². The minimum absolute atomic E-state index is 0.0345. The molecule has 196 valence electrons. The van der Waals surface area contributed by atoms with Gasteiger partial charge in [-0.1, -0.05) is 24.3 Å². The van der Waals surface area contributed by atoms with Crippen molar-refractivity contribution in [2.24, 2.45) is 0 Å². The Bertz CT molecular complexity index is 1920. The van der Waals surface area contributed by atoms with Crippen molar-refractivity contribution in [3.63, 3.8) is 0 Å². The third kappa shape index (κ3) is 4.40. The lowest BCUT2D eigenvalue weighted by atomic mass is 10.1. The molecule has 39 heavy (non-hydrogen) atoms. The molecule has 6 aromatic rings. The summed E-state index contributed by atoms with van der Waals surface area (Å²) in [6, 6.07) is 13.0. The van der Waals surface area contributed by atoms with Gasteiger partial charge in [-0.2, -0.15) is 13.2 Å². The first-order valence-corrected chi connectivity index (χ1v) is 12.4. The number of pyridine rings is 1. The molecule has 0 aliphatic rings. The first kappa shape index (κ1) is 24.7. The molecule has 4 aromatic heterocycles. The molecule has 0 unspecified atom stereocenters. The number of hydrogen-bond donors (Lipinski definition) is 0. The zero-order chi connectivity index (χ0) is 27.5. The van der Waals surface area contributed by atoms with Gasteiger partial charge in [0.15, 0.2) is 11.5 Å². The van der Waals surface area contributed by atoms with Gasteiger partial charge >= 0.3 is 6.18 Å². The van der Waals surface area contributed by atoms with Gasteiger partial charge in [0.1, 0.15) is 33.9 Å². The summed E-state index contributed by atoms with van der Waals surface area (Å²) in [4.78, 5) is 23.7. The van der Waals surface area contributed by atoms with E-state index in [-0.39, 0.29) is 17.1 Å². The van der Waals surface area contributed by atoms with Gasteiger partial charge in [0, 0.05) is 22.6 Å². The molecule has 4 heterocycles. The molecule has 0 N–H and O–H groups in total. The van der Waals surface area contributed by atoms with Crippen molar-refractivity contribution in [1.82, 2.24) is 24.6 Å². The molecule has 0 aliphatic heterocycles. The molecule has 0 saturated carbocycles. The van der Waals surface area contributed by atoms with Crippen LogP contribution in [0.25, 0.3) is 37.5 Å². The van der Waals surface area contributed by atoms with E-state index in [9.17, 15) is 23.3 Å². The Morgan fingerprint density at radius 3 is 2.51 bits per heavy atom. The van der Waals surface area contributed by atoms with Crippen LogP contribution in [0.3, 0.4) is 0 Å². The van der Waals surface area contributed by atoms with E-state index in [0.29, 0.717) is 44.0 Å². The monoisotopic (exact) mass is 550 g/mol. The number of benzene rings is 2. The van der Waals surface area contributed by atoms with Crippen molar-refractivity contribution in [3.05, 3.63) is 87.4 Å². The number of aromatic nitrogens is 5. The van der Waals surface area contributed by atoms with Crippen LogP contribution in [-0.2, 0) is 12.8 Å². The number of nitro benzene ring substituents is 1. The Morgan fingerprint density at radius 2 is 1.82 bits per heavy atom. The second-order valence-electron chi connectivity index (χ2n) is 8.92. The number of thiophene rings is 1. The van der Waals surface area contributed by atoms with Crippen molar-refractivity contribution in [3.8, 4) is 17.1 Å². The molecule has 9 nitrogen and oxygen atoms in total. The maximum Gasteiger partial charge on any atom is 0.433 e. The molecule has 0 atom stereocenters. The third-order valence-corrected chi connectivity index (χ3v) is 7.31. The summed E-state index contributed by atoms with van der Waals surface area (Å²) in [5, 5.41) is 16.1. The van der Waals surface area contributed by atoms with Gasteiger partial charge < -0.3 is 4.74 Å². The number of halogens is 3. The summed E-state index contributed by atoms with van der Waals surface area (Å²) >= 11 is 1.10. The summed E-state index contributed by atoms with van der Waals surface area (Å²) in [7, 11) is 0. The largest absolute Gasteiger partial charge is 0.489 e. The normalized spacial score (nSPS) is 12.0. The van der Waals surface area contributed by atoms with Gasteiger partial charge in [-0.3, -0.25) is 10.1 Å². The van der Waals surface area contributed by atoms with Crippen LogP contribution in [0.4, 0.5) is 18.9 Å². The molecule has 0 aliphatic carbocycles. The summed E-state index contributed by atoms with van der Waals surface area (Å²) in [5.41, 5.74) is 2.67. The maximum absolute atomic E-state index is 13.3. The molecule has 13 heteroatoms. The number of fused-ring (bicyclic) bond motifs is 5. The van der Waals surface area contributed by atoms with Crippen molar-refractivity contribution in [2.45, 2.75) is 26.6 Å². The Labute approximate surface area is 221 Å². The summed E-state index contributed by atoms with van der Waals surface area (Å²) in [5.74, 6) is 0.956. The van der Waals surface area contributed by atoms with Crippen LogP contribution in [-0.4, -0.2) is 29.5 Å². The molecule has 0 amide bonds. The molecular formula is C26H17F3N6O3S. The van der Waals surface area contributed by atoms with E-state index in [1.165, 1.54) is 16.9 Å². The first-order valence-electron chi connectivity index (χ1n) is 11.6. The van der Waals surface area contributed by atoms with E-state index >= 15 is 0 Å². The number of nitrogens with zero attached hydrogens (tertiary/aromatic N) is 6. The van der Waals surface area contributed by atoms with Crippen molar-refractivity contribution in [1.29, 1.82) is 0 Å². The van der Waals surface area contributed by atoms with Gasteiger partial charge in [-0.25, -0.2) is 19.5 Å². The van der Waals surface area contributed by atoms with Crippen molar-refractivity contribution >= 4 is 43.1 Å². The standard InChI is InChI=1S/C26H17F3N6O3S/c1-13-9-17(7-8-18(13)35(36)37)38-11-15-3-5-16(6-4-15)23-32-24-22-21(30-12-34(24)33-23)20-14(2)10-19(26(27,28)29)31-25(20)39-22/h3-10,12H,11H2,1-2H3. The zero-order valence-electron chi connectivity index (χ0n) is 20.4. The van der Waals surface area contributed by atoms with Crippen molar-refractivity contribution < 1.29 is 22.8 Å². The fourth-order valence-corrected chi connectivity index (χ4v) is 5.50. The minimum Gasteiger partial charge on any atom is -0.489 e. The topological polar surface area (TPSA) is 108 Å². The minimum atomic E-state index is -4.54. The summed E-state index contributed by atoms with van der Waals surface area (Å²) in [6.07, 6.45) is -3.05. The fraction of sp³-hybridized carbons (Fsp3) is 0.154. The Balaban J connectivity index is 1.28. The average Bonchev–Trinajstić information content (AvgIpc) is 3.49. The second kappa shape index (κ2) is 8.98. The summed E-state index contributed by atoms with van der Waals surface area (Å²) < 4.78 is 47.7. The molecule has 0 bridgehead atoms. The zero-order valence-corrected chi connectivity index (χ0v) is 21.2. The summed E-state index contributed by atoms with van der Waals surface area (Å²) in [6.45, 7) is 3.52. The van der Waals surface area contributed by atoms with Crippen LogP contribution in [0.2, 0.25) is 0 Å². The van der Waals surface area contributed by atoms with Gasteiger partial charge in [0.05, 0.1) is 10.4 Å². The Morgan fingerprint density at radius 1 is 1.05 bits per heavy atom. The Hall–Kier alpha value is -4.65. The van der Waals surface area contributed by atoms with Crippen LogP contribution < -0.4 is 4.74 Å². The van der Waals surface area contributed by atoms with Crippen LogP contribution in [0.5, 0.6) is 5.75 Å². The molecule has 6 rings (SSSR count). The van der Waals surface area contributed by atoms with E-state index < -0.39 is 16.8 Å². The highest BCUT2D eigenvalue weighted by Gasteiger charge is 2.33. The predicted molar refractivity (Wildman–Crippen MR) is 139 cm³/mol. The molecule has 0 saturated heterocycles.